The first-order valence-electron chi connectivity index (χ1n) is 13.6. The predicted molar refractivity (Wildman–Crippen MR) is 150 cm³/mol. The van der Waals surface area contributed by atoms with E-state index in [1.54, 1.807) is 6.92 Å². The van der Waals surface area contributed by atoms with Crippen LogP contribution in [0.2, 0.25) is 0 Å². The second-order valence-electron chi connectivity index (χ2n) is 10.4. The molecule has 0 bridgehead atoms. The zero-order chi connectivity index (χ0) is 29.3. The zero-order valence-corrected chi connectivity index (χ0v) is 24.1. The van der Waals surface area contributed by atoms with Gasteiger partial charge in [0.15, 0.2) is 5.69 Å². The number of nitro benzene ring substituents is 1. The number of nitrogens with one attached hydrogen (secondary N) is 1. The second-order valence-corrected chi connectivity index (χ2v) is 12.3. The van der Waals surface area contributed by atoms with E-state index in [0.717, 1.165) is 30.0 Å². The van der Waals surface area contributed by atoms with Crippen molar-refractivity contribution in [1.82, 2.24) is 19.4 Å². The number of hydrogen-bond donors (Lipinski definition) is 1. The maximum absolute atomic E-state index is 13.6. The minimum atomic E-state index is -4.10. The van der Waals surface area contributed by atoms with Gasteiger partial charge in [-0.25, -0.2) is 8.42 Å². The van der Waals surface area contributed by atoms with Gasteiger partial charge in [0.2, 0.25) is 15.9 Å². The van der Waals surface area contributed by atoms with Gasteiger partial charge < -0.3 is 14.8 Å². The maximum atomic E-state index is 13.6. The van der Waals surface area contributed by atoms with Gasteiger partial charge in [-0.2, -0.15) is 14.1 Å². The monoisotopic (exact) mass is 583 g/mol. The first kappa shape index (κ1) is 28.7. The van der Waals surface area contributed by atoms with E-state index >= 15 is 0 Å². The van der Waals surface area contributed by atoms with Gasteiger partial charge in [0.05, 0.1) is 16.7 Å². The number of benzene rings is 2. The Bertz CT molecular complexity index is 1590. The molecule has 3 aromatic rings. The quantitative estimate of drug-likeness (QED) is 0.291. The molecule has 0 unspecified atom stereocenters. The summed E-state index contributed by atoms with van der Waals surface area (Å²) in [7, 11) is -4.10. The van der Waals surface area contributed by atoms with Crippen LogP contribution < -0.4 is 10.1 Å². The van der Waals surface area contributed by atoms with E-state index in [0.29, 0.717) is 50.3 Å². The number of sulfonamides is 1. The van der Waals surface area contributed by atoms with E-state index in [1.807, 2.05) is 32.0 Å². The lowest BCUT2D eigenvalue weighted by atomic mass is 10.1. The molecular weight excluding hydrogens is 550 g/mol. The van der Waals surface area contributed by atoms with E-state index in [-0.39, 0.29) is 34.0 Å². The number of carbonyl (C=O) groups is 1. The highest BCUT2D eigenvalue weighted by atomic mass is 32.2. The van der Waals surface area contributed by atoms with Gasteiger partial charge in [-0.1, -0.05) is 12.1 Å². The number of ether oxygens (including phenoxy) is 2. The van der Waals surface area contributed by atoms with Crippen molar-refractivity contribution in [3.05, 3.63) is 68.9 Å². The van der Waals surface area contributed by atoms with Crippen LogP contribution in [0.25, 0.3) is 5.69 Å². The standard InChI is InChI=1S/C28H33N5O7S/c1-18-8-9-19(2)23(15-18)32-28(20(3)26(30-32)27(34)29-17-22-7-6-14-39-22)40-24-11-10-21(33(35)36)16-25(24)41(37,38)31-12-4-5-13-31/h8-11,15-16,22H,4-7,12-14,17H2,1-3H3,(H,29,34)/t22-/m0/s1. The van der Waals surface area contributed by atoms with E-state index in [2.05, 4.69) is 10.4 Å². The van der Waals surface area contributed by atoms with Crippen LogP contribution in [0, 0.1) is 30.9 Å². The van der Waals surface area contributed by atoms with Gasteiger partial charge in [-0.15, -0.1) is 0 Å². The summed E-state index contributed by atoms with van der Waals surface area (Å²) in [5.41, 5.74) is 2.57. The van der Waals surface area contributed by atoms with Gasteiger partial charge in [0.25, 0.3) is 11.6 Å². The number of rotatable bonds is 9. The minimum Gasteiger partial charge on any atom is -0.437 e. The summed E-state index contributed by atoms with van der Waals surface area (Å²) >= 11 is 0. The molecule has 1 atom stereocenters. The SMILES string of the molecule is Cc1ccc(C)c(-n2nc(C(=O)NC[C@@H]3CCCO3)c(C)c2Oc2ccc([N+](=O)[O-])cc2S(=O)(=O)N2CCCC2)c1. The van der Waals surface area contributed by atoms with Crippen LogP contribution in [-0.4, -0.2) is 65.7 Å². The fraction of sp³-hybridized carbons (Fsp3) is 0.429. The van der Waals surface area contributed by atoms with Crippen LogP contribution in [-0.2, 0) is 14.8 Å². The minimum absolute atomic E-state index is 0.0606. The second kappa shape index (κ2) is 11.6. The molecule has 0 radical (unpaired) electrons. The summed E-state index contributed by atoms with van der Waals surface area (Å²) < 4.78 is 41.9. The molecule has 0 aliphatic carbocycles. The average molecular weight is 584 g/mol. The van der Waals surface area contributed by atoms with Crippen molar-refractivity contribution in [1.29, 1.82) is 0 Å². The zero-order valence-electron chi connectivity index (χ0n) is 23.3. The largest absolute Gasteiger partial charge is 0.437 e. The number of carbonyl (C=O) groups excluding carboxylic acids is 1. The molecule has 218 valence electrons. The van der Waals surface area contributed by atoms with Crippen molar-refractivity contribution in [2.45, 2.75) is 57.5 Å². The molecule has 0 spiro atoms. The van der Waals surface area contributed by atoms with Crippen LogP contribution >= 0.6 is 0 Å². The van der Waals surface area contributed by atoms with Gasteiger partial charge in [-0.3, -0.25) is 14.9 Å². The summed E-state index contributed by atoms with van der Waals surface area (Å²) in [4.78, 5) is 23.9. The Morgan fingerprint density at radius 3 is 2.59 bits per heavy atom. The normalized spacial score (nSPS) is 17.6. The number of aromatic nitrogens is 2. The van der Waals surface area contributed by atoms with Crippen molar-refractivity contribution >= 4 is 21.6 Å². The van der Waals surface area contributed by atoms with Crippen molar-refractivity contribution in [2.75, 3.05) is 26.2 Å². The molecule has 2 saturated heterocycles. The Morgan fingerprint density at radius 2 is 1.90 bits per heavy atom. The lowest BCUT2D eigenvalue weighted by Gasteiger charge is -2.19. The number of nitro groups is 1. The lowest BCUT2D eigenvalue weighted by Crippen LogP contribution is -2.32. The van der Waals surface area contributed by atoms with E-state index in [9.17, 15) is 23.3 Å². The molecule has 12 nitrogen and oxygen atoms in total. The lowest BCUT2D eigenvalue weighted by molar-refractivity contribution is -0.385. The summed E-state index contributed by atoms with van der Waals surface area (Å²) in [5, 5.41) is 19.1. The molecule has 5 rings (SSSR count). The van der Waals surface area contributed by atoms with Crippen LogP contribution in [0.4, 0.5) is 5.69 Å². The molecule has 1 aromatic heterocycles. The maximum Gasteiger partial charge on any atom is 0.272 e. The van der Waals surface area contributed by atoms with Crippen LogP contribution in [0.15, 0.2) is 41.3 Å². The fourth-order valence-electron chi connectivity index (χ4n) is 5.09. The van der Waals surface area contributed by atoms with Crippen molar-refractivity contribution < 1.29 is 27.6 Å². The summed E-state index contributed by atoms with van der Waals surface area (Å²) in [6.45, 7) is 7.12. The molecule has 1 amide bonds. The molecule has 2 aliphatic rings. The highest BCUT2D eigenvalue weighted by molar-refractivity contribution is 7.89. The molecule has 2 aliphatic heterocycles. The van der Waals surface area contributed by atoms with Gasteiger partial charge in [0, 0.05) is 43.9 Å². The van der Waals surface area contributed by atoms with Crippen LogP contribution in [0.3, 0.4) is 0 Å². The van der Waals surface area contributed by atoms with Crippen molar-refractivity contribution in [2.24, 2.45) is 0 Å². The summed E-state index contributed by atoms with van der Waals surface area (Å²) in [6, 6.07) is 9.24. The third-order valence-corrected chi connectivity index (χ3v) is 9.34. The molecule has 3 heterocycles. The highest BCUT2D eigenvalue weighted by Crippen LogP contribution is 2.38. The first-order chi connectivity index (χ1) is 19.6. The molecule has 13 heteroatoms. The Kier molecular flexibility index (Phi) is 8.11. The van der Waals surface area contributed by atoms with Gasteiger partial charge in [0.1, 0.15) is 10.6 Å². The van der Waals surface area contributed by atoms with Crippen LogP contribution in [0.1, 0.15) is 52.9 Å². The molecule has 2 aromatic carbocycles. The smallest absolute Gasteiger partial charge is 0.272 e. The molecule has 41 heavy (non-hydrogen) atoms. The predicted octanol–water partition coefficient (Wildman–Crippen LogP) is 4.19. The third-order valence-electron chi connectivity index (χ3n) is 7.42. The first-order valence-corrected chi connectivity index (χ1v) is 15.0. The number of amides is 1. The molecule has 2 fully saturated rings. The number of aryl methyl sites for hydroxylation is 2. The van der Waals surface area contributed by atoms with E-state index < -0.39 is 20.9 Å². The summed E-state index contributed by atoms with van der Waals surface area (Å²) in [6.07, 6.45) is 3.14. The topological polar surface area (TPSA) is 146 Å². The van der Waals surface area contributed by atoms with Gasteiger partial charge in [-0.05, 0) is 69.7 Å². The molecular formula is C28H33N5O7S. The molecule has 1 N–H and O–H groups in total. The Morgan fingerprint density at radius 1 is 1.15 bits per heavy atom. The van der Waals surface area contributed by atoms with Crippen LogP contribution in [0.5, 0.6) is 11.6 Å². The van der Waals surface area contributed by atoms with E-state index in [4.69, 9.17) is 9.47 Å². The molecule has 0 saturated carbocycles. The van der Waals surface area contributed by atoms with Crippen molar-refractivity contribution in [3.63, 3.8) is 0 Å². The Hall–Kier alpha value is -3.81. The highest BCUT2D eigenvalue weighted by Gasteiger charge is 2.33. The van der Waals surface area contributed by atoms with Crippen molar-refractivity contribution in [3.8, 4) is 17.3 Å². The Labute approximate surface area is 238 Å². The average Bonchev–Trinajstić information content (AvgIpc) is 3.72. The Balaban J connectivity index is 1.60. The fourth-order valence-corrected chi connectivity index (χ4v) is 6.74. The van der Waals surface area contributed by atoms with E-state index in [1.165, 1.54) is 21.1 Å². The summed E-state index contributed by atoms with van der Waals surface area (Å²) in [5.74, 6) is -0.378. The van der Waals surface area contributed by atoms with Gasteiger partial charge >= 0.3 is 0 Å². The third kappa shape index (κ3) is 5.83. The number of non-ortho nitro benzene ring substituents is 1. The number of nitrogens with zero attached hydrogens (tertiary/aromatic N) is 4. The number of hydrogen-bond acceptors (Lipinski definition) is 8.